The van der Waals surface area contributed by atoms with Gasteiger partial charge < -0.3 is 9.47 Å². The van der Waals surface area contributed by atoms with Crippen molar-refractivity contribution in [2.45, 2.75) is 92.0 Å². The van der Waals surface area contributed by atoms with E-state index >= 15 is 0 Å². The summed E-state index contributed by atoms with van der Waals surface area (Å²) in [5, 5.41) is 0.213. The molecule has 8 bridgehead atoms. The summed E-state index contributed by atoms with van der Waals surface area (Å²) in [6, 6.07) is 0. The molecule has 0 radical (unpaired) electrons. The number of thioether (sulfide) groups is 2. The first-order valence-electron chi connectivity index (χ1n) is 13.6. The van der Waals surface area contributed by atoms with Crippen LogP contribution in [0.3, 0.4) is 0 Å². The minimum absolute atomic E-state index is 0.00569. The van der Waals surface area contributed by atoms with Gasteiger partial charge in [-0.3, -0.25) is 9.59 Å². The number of hydrogen-bond donors (Lipinski definition) is 0. The Labute approximate surface area is 218 Å². The predicted molar refractivity (Wildman–Crippen MR) is 132 cm³/mol. The summed E-state index contributed by atoms with van der Waals surface area (Å²) in [6.45, 7) is 1.02. The Bertz CT molecular complexity index is 977. The van der Waals surface area contributed by atoms with Crippen LogP contribution in [0.2, 0.25) is 0 Å². The molecule has 8 aliphatic carbocycles. The molecule has 9 aliphatic rings. The van der Waals surface area contributed by atoms with Crippen molar-refractivity contribution in [2.75, 3.05) is 12.4 Å². The Kier molecular flexibility index (Phi) is 5.29. The van der Waals surface area contributed by atoms with Gasteiger partial charge in [0, 0.05) is 29.8 Å². The molecule has 9 heteroatoms. The zero-order valence-electron chi connectivity index (χ0n) is 20.6. The largest absolute Gasteiger partial charge is 0.464 e. The maximum Gasteiger partial charge on any atom is 0.377 e. The number of carbonyl (C=O) groups is 3. The number of Topliss-reactive ketones (excluding diaryl/α,β-unsaturated/α-hetero) is 1. The van der Waals surface area contributed by atoms with Crippen molar-refractivity contribution in [3.8, 4) is 0 Å². The normalized spacial score (nSPS) is 50.2. The summed E-state index contributed by atoms with van der Waals surface area (Å²) in [7, 11) is 0. The van der Waals surface area contributed by atoms with Crippen LogP contribution in [0.25, 0.3) is 0 Å². The molecule has 5 atom stereocenters. The number of ether oxygens (including phenoxy) is 2. The second-order valence-electron chi connectivity index (χ2n) is 13.2. The van der Waals surface area contributed by atoms with E-state index in [4.69, 9.17) is 9.47 Å². The van der Waals surface area contributed by atoms with Gasteiger partial charge in [0.1, 0.15) is 18.0 Å². The molecule has 1 saturated heterocycles. The van der Waals surface area contributed by atoms with Gasteiger partial charge in [-0.1, -0.05) is 0 Å². The molecule has 8 saturated carbocycles. The van der Waals surface area contributed by atoms with Crippen LogP contribution < -0.4 is 0 Å². The highest BCUT2D eigenvalue weighted by Crippen LogP contribution is 2.71. The molecular formula is C27H34F2O5S2. The molecule has 0 aromatic carbocycles. The fraction of sp³-hybridized carbons (Fsp3) is 0.889. The van der Waals surface area contributed by atoms with Crippen LogP contribution >= 0.6 is 23.5 Å². The number of esters is 2. The third-order valence-electron chi connectivity index (χ3n) is 10.6. The molecule has 1 aliphatic heterocycles. The molecule has 1 heterocycles. The first-order chi connectivity index (χ1) is 17.0. The van der Waals surface area contributed by atoms with Gasteiger partial charge in [-0.05, 0) is 87.9 Å². The number of hydrogen-bond acceptors (Lipinski definition) is 7. The highest BCUT2D eigenvalue weighted by molar-refractivity contribution is 8.21. The molecule has 9 fully saturated rings. The maximum absolute atomic E-state index is 13.6. The average Bonchev–Trinajstić information content (AvgIpc) is 3.23. The average molecular weight is 541 g/mol. The van der Waals surface area contributed by atoms with Crippen molar-refractivity contribution in [3.63, 3.8) is 0 Å². The van der Waals surface area contributed by atoms with Crippen LogP contribution in [0.15, 0.2) is 0 Å². The van der Waals surface area contributed by atoms with Crippen LogP contribution in [-0.4, -0.2) is 50.9 Å². The highest BCUT2D eigenvalue weighted by atomic mass is 32.2. The minimum Gasteiger partial charge on any atom is -0.464 e. The van der Waals surface area contributed by atoms with Crippen molar-refractivity contribution in [3.05, 3.63) is 0 Å². The van der Waals surface area contributed by atoms with Crippen LogP contribution in [0.1, 0.15) is 71.1 Å². The fourth-order valence-corrected chi connectivity index (χ4v) is 13.8. The number of alkyl halides is 2. The molecule has 5 nitrogen and oxygen atoms in total. The summed E-state index contributed by atoms with van der Waals surface area (Å²) in [5.74, 6) is -1.94. The molecule has 0 N–H and O–H groups in total. The van der Waals surface area contributed by atoms with Gasteiger partial charge in [0.25, 0.3) is 0 Å². The predicted octanol–water partition coefficient (Wildman–Crippen LogP) is 5.25. The lowest BCUT2D eigenvalue weighted by atomic mass is 9.49. The van der Waals surface area contributed by atoms with Crippen molar-refractivity contribution in [1.82, 2.24) is 0 Å². The fourth-order valence-electron chi connectivity index (χ4n) is 9.65. The lowest BCUT2D eigenvalue weighted by Gasteiger charge is -2.63. The zero-order chi connectivity index (χ0) is 25.1. The summed E-state index contributed by atoms with van der Waals surface area (Å²) < 4.78 is 38.8. The van der Waals surface area contributed by atoms with Gasteiger partial charge >= 0.3 is 17.9 Å². The lowest BCUT2D eigenvalue weighted by molar-refractivity contribution is -0.208. The Morgan fingerprint density at radius 2 is 1.61 bits per heavy atom. The monoisotopic (exact) mass is 540 g/mol. The standard InChI is InChI=1S/C27H34F2O5S2/c1-24(28,29)22(31)34-26-7-15-4-18(10-26)27(19(5-15)11-26)35-13-20(36-27)12-33-23(32)25-6-14-2-16(8-25)21(30)17(3-14)9-25/h14-20H,2-13H2,1H3. The van der Waals surface area contributed by atoms with Crippen LogP contribution in [0, 0.1) is 40.9 Å². The van der Waals surface area contributed by atoms with E-state index in [9.17, 15) is 23.2 Å². The molecule has 36 heavy (non-hydrogen) atoms. The number of ketones is 1. The van der Waals surface area contributed by atoms with E-state index in [0.29, 0.717) is 75.1 Å². The van der Waals surface area contributed by atoms with E-state index in [0.717, 1.165) is 37.9 Å². The van der Waals surface area contributed by atoms with Crippen molar-refractivity contribution < 1.29 is 32.6 Å². The van der Waals surface area contributed by atoms with E-state index < -0.39 is 22.9 Å². The molecule has 0 aromatic rings. The van der Waals surface area contributed by atoms with Crippen LogP contribution in [0.4, 0.5) is 8.78 Å². The Morgan fingerprint density at radius 1 is 0.972 bits per heavy atom. The van der Waals surface area contributed by atoms with Gasteiger partial charge in [0.05, 0.1) is 9.49 Å². The van der Waals surface area contributed by atoms with Crippen molar-refractivity contribution >= 4 is 41.2 Å². The number of rotatable bonds is 5. The third kappa shape index (κ3) is 3.56. The first kappa shape index (κ1) is 24.2. The topological polar surface area (TPSA) is 69.7 Å². The van der Waals surface area contributed by atoms with Gasteiger partial charge in [0.2, 0.25) is 0 Å². The van der Waals surface area contributed by atoms with E-state index in [1.807, 2.05) is 23.5 Å². The smallest absolute Gasteiger partial charge is 0.377 e. The molecule has 1 spiro atoms. The van der Waals surface area contributed by atoms with Crippen molar-refractivity contribution in [2.24, 2.45) is 40.9 Å². The second-order valence-corrected chi connectivity index (χ2v) is 16.3. The number of halogens is 2. The molecule has 5 unspecified atom stereocenters. The zero-order valence-corrected chi connectivity index (χ0v) is 22.3. The summed E-state index contributed by atoms with van der Waals surface area (Å²) in [5.41, 5.74) is -1.18. The lowest BCUT2D eigenvalue weighted by Crippen LogP contribution is -2.62. The highest BCUT2D eigenvalue weighted by Gasteiger charge is 2.67. The summed E-state index contributed by atoms with van der Waals surface area (Å²) >= 11 is 3.90. The van der Waals surface area contributed by atoms with Gasteiger partial charge in [-0.15, -0.1) is 23.5 Å². The minimum atomic E-state index is -3.46. The second kappa shape index (κ2) is 7.86. The molecular weight excluding hydrogens is 506 g/mol. The SMILES string of the molecule is CC(F)(F)C(=O)OC12CC3CC(C1)C1(SCC(COC(=O)C45CC6CC(C4)C(=O)C(C6)C5)S1)C(C3)C2. The van der Waals surface area contributed by atoms with Crippen LogP contribution in [-0.2, 0) is 23.9 Å². The Hall–Kier alpha value is -0.830. The van der Waals surface area contributed by atoms with Gasteiger partial charge in [0.15, 0.2) is 0 Å². The number of carbonyl (C=O) groups excluding carboxylic acids is 3. The van der Waals surface area contributed by atoms with E-state index in [1.54, 1.807) is 0 Å². The summed E-state index contributed by atoms with van der Waals surface area (Å²) in [6.07, 6.45) is 8.31. The van der Waals surface area contributed by atoms with Crippen LogP contribution in [0.5, 0.6) is 0 Å². The Balaban J connectivity index is 1.00. The quantitative estimate of drug-likeness (QED) is 0.442. The van der Waals surface area contributed by atoms with E-state index in [2.05, 4.69) is 0 Å². The molecule has 9 rings (SSSR count). The van der Waals surface area contributed by atoms with Gasteiger partial charge in [-0.25, -0.2) is 4.79 Å². The molecule has 198 valence electrons. The summed E-state index contributed by atoms with van der Waals surface area (Å²) in [4.78, 5) is 37.9. The molecule has 0 amide bonds. The molecule has 0 aromatic heterocycles. The van der Waals surface area contributed by atoms with Gasteiger partial charge in [-0.2, -0.15) is 8.78 Å². The third-order valence-corrected chi connectivity index (χ3v) is 14.8. The maximum atomic E-state index is 13.6. The van der Waals surface area contributed by atoms with E-state index in [-0.39, 0.29) is 27.1 Å². The Morgan fingerprint density at radius 3 is 2.25 bits per heavy atom. The van der Waals surface area contributed by atoms with Crippen molar-refractivity contribution in [1.29, 1.82) is 0 Å². The van der Waals surface area contributed by atoms with E-state index in [1.165, 1.54) is 0 Å². The first-order valence-corrected chi connectivity index (χ1v) is 15.5.